The van der Waals surface area contributed by atoms with Crippen LogP contribution < -0.4 is 0 Å². The summed E-state index contributed by atoms with van der Waals surface area (Å²) in [5.74, 6) is 0.493. The van der Waals surface area contributed by atoms with Crippen LogP contribution in [0.15, 0.2) is 22.7 Å². The van der Waals surface area contributed by atoms with Crippen molar-refractivity contribution in [3.63, 3.8) is 0 Å². The second-order valence-electron chi connectivity index (χ2n) is 4.87. The molecule has 1 fully saturated rings. The first kappa shape index (κ1) is 14.4. The van der Waals surface area contributed by atoms with Gasteiger partial charge in [-0.15, -0.1) is 0 Å². The molecule has 0 unspecified atom stereocenters. The molecule has 1 aliphatic carbocycles. The van der Waals surface area contributed by atoms with E-state index in [2.05, 4.69) is 15.9 Å². The van der Waals surface area contributed by atoms with Crippen LogP contribution in [0.1, 0.15) is 49.1 Å². The lowest BCUT2D eigenvalue weighted by Crippen LogP contribution is -2.05. The molecule has 1 saturated carbocycles. The molecule has 0 heterocycles. The summed E-state index contributed by atoms with van der Waals surface area (Å²) in [5, 5.41) is 0. The average molecular weight is 352 g/mol. The molecule has 0 atom stereocenters. The van der Waals surface area contributed by atoms with E-state index in [1.54, 1.807) is 0 Å². The van der Waals surface area contributed by atoms with Crippen LogP contribution in [-0.2, 0) is 14.8 Å². The fourth-order valence-corrected chi connectivity index (χ4v) is 4.31. The third-order valence-electron chi connectivity index (χ3n) is 3.45. The molecule has 0 aromatic heterocycles. The summed E-state index contributed by atoms with van der Waals surface area (Å²) in [6, 6.07) is 5.79. The van der Waals surface area contributed by atoms with Crippen LogP contribution >= 0.6 is 26.6 Å². The second-order valence-corrected chi connectivity index (χ2v) is 8.51. The standard InChI is InChI=1S/C13H16BrClO2S/c14-13-8-10(9-18(15,16)17)6-7-12(13)11-4-2-1-3-5-11/h6-8,11H,1-5,9H2. The monoisotopic (exact) mass is 350 g/mol. The Hall–Kier alpha value is -0.0600. The molecule has 0 radical (unpaired) electrons. The van der Waals surface area contributed by atoms with Crippen molar-refractivity contribution in [2.45, 2.75) is 43.8 Å². The molecular formula is C13H16BrClO2S. The van der Waals surface area contributed by atoms with E-state index in [4.69, 9.17) is 10.7 Å². The van der Waals surface area contributed by atoms with Crippen LogP contribution in [0.25, 0.3) is 0 Å². The number of rotatable bonds is 3. The van der Waals surface area contributed by atoms with Gasteiger partial charge in [-0.1, -0.05) is 47.3 Å². The lowest BCUT2D eigenvalue weighted by molar-refractivity contribution is 0.442. The predicted molar refractivity (Wildman–Crippen MR) is 78.4 cm³/mol. The van der Waals surface area contributed by atoms with Gasteiger partial charge in [-0.2, -0.15) is 0 Å². The van der Waals surface area contributed by atoms with Crippen LogP contribution in [0, 0.1) is 0 Å². The predicted octanol–water partition coefficient (Wildman–Crippen LogP) is 4.57. The summed E-state index contributed by atoms with van der Waals surface area (Å²) in [6.07, 6.45) is 6.36. The van der Waals surface area contributed by atoms with Crippen molar-refractivity contribution in [3.05, 3.63) is 33.8 Å². The molecule has 0 amide bonds. The van der Waals surface area contributed by atoms with Gasteiger partial charge in [0.15, 0.2) is 0 Å². The molecule has 0 N–H and O–H groups in total. The van der Waals surface area contributed by atoms with Crippen LogP contribution in [-0.4, -0.2) is 8.42 Å². The molecule has 0 aliphatic heterocycles. The quantitative estimate of drug-likeness (QED) is 0.748. The lowest BCUT2D eigenvalue weighted by Gasteiger charge is -2.23. The Bertz CT molecular complexity index is 522. The van der Waals surface area contributed by atoms with E-state index in [-0.39, 0.29) is 5.75 Å². The maximum Gasteiger partial charge on any atom is 0.236 e. The molecule has 0 spiro atoms. The third-order valence-corrected chi connectivity index (χ3v) is 5.14. The maximum absolute atomic E-state index is 11.0. The van der Waals surface area contributed by atoms with E-state index in [1.165, 1.54) is 37.7 Å². The molecule has 1 aromatic rings. The summed E-state index contributed by atoms with van der Waals surface area (Å²) >= 11 is 3.55. The van der Waals surface area contributed by atoms with E-state index in [0.717, 1.165) is 10.0 Å². The van der Waals surface area contributed by atoms with Crippen molar-refractivity contribution in [3.8, 4) is 0 Å². The molecule has 0 bridgehead atoms. The van der Waals surface area contributed by atoms with Crippen molar-refractivity contribution < 1.29 is 8.42 Å². The lowest BCUT2D eigenvalue weighted by atomic mass is 9.84. The summed E-state index contributed by atoms with van der Waals surface area (Å²) in [4.78, 5) is 0. The van der Waals surface area contributed by atoms with Gasteiger partial charge >= 0.3 is 0 Å². The first-order chi connectivity index (χ1) is 8.46. The number of hydrogen-bond acceptors (Lipinski definition) is 2. The van der Waals surface area contributed by atoms with Gasteiger partial charge in [-0.05, 0) is 36.0 Å². The summed E-state index contributed by atoms with van der Waals surface area (Å²) < 4.78 is 23.1. The minimum atomic E-state index is -3.48. The highest BCUT2D eigenvalue weighted by atomic mass is 79.9. The minimum absolute atomic E-state index is 0.113. The Kier molecular flexibility index (Phi) is 4.73. The summed E-state index contributed by atoms with van der Waals surface area (Å²) in [7, 11) is 1.79. The molecule has 100 valence electrons. The fourth-order valence-electron chi connectivity index (χ4n) is 2.60. The van der Waals surface area contributed by atoms with Gasteiger partial charge in [0, 0.05) is 15.2 Å². The molecular weight excluding hydrogens is 336 g/mol. The van der Waals surface area contributed by atoms with E-state index >= 15 is 0 Å². The average Bonchev–Trinajstić information content (AvgIpc) is 2.28. The molecule has 1 aromatic carbocycles. The van der Waals surface area contributed by atoms with Crippen molar-refractivity contribution >= 4 is 35.7 Å². The molecule has 2 nitrogen and oxygen atoms in total. The normalized spacial score (nSPS) is 17.9. The Labute approximate surface area is 121 Å². The number of hydrogen-bond donors (Lipinski definition) is 0. The zero-order valence-electron chi connectivity index (χ0n) is 10.0. The Balaban J connectivity index is 2.19. The first-order valence-corrected chi connectivity index (χ1v) is 9.43. The van der Waals surface area contributed by atoms with Crippen molar-refractivity contribution in [2.24, 2.45) is 0 Å². The SMILES string of the molecule is O=S(=O)(Cl)Cc1ccc(C2CCCCC2)c(Br)c1. The van der Waals surface area contributed by atoms with Gasteiger partial charge in [0.2, 0.25) is 9.05 Å². The van der Waals surface area contributed by atoms with Crippen LogP contribution in [0.4, 0.5) is 0 Å². The zero-order valence-corrected chi connectivity index (χ0v) is 13.2. The van der Waals surface area contributed by atoms with Gasteiger partial charge < -0.3 is 0 Å². The second kappa shape index (κ2) is 5.93. The Morgan fingerprint density at radius 3 is 2.44 bits per heavy atom. The fraction of sp³-hybridized carbons (Fsp3) is 0.538. The van der Waals surface area contributed by atoms with Gasteiger partial charge in [0.05, 0.1) is 5.75 Å². The molecule has 1 aliphatic rings. The third kappa shape index (κ3) is 3.97. The highest BCUT2D eigenvalue weighted by Crippen LogP contribution is 2.36. The highest BCUT2D eigenvalue weighted by molar-refractivity contribution is 9.10. The highest BCUT2D eigenvalue weighted by Gasteiger charge is 2.18. The van der Waals surface area contributed by atoms with Gasteiger partial charge in [0.25, 0.3) is 0 Å². The minimum Gasteiger partial charge on any atom is -0.212 e. The van der Waals surface area contributed by atoms with E-state index < -0.39 is 9.05 Å². The van der Waals surface area contributed by atoms with Gasteiger partial charge in [-0.3, -0.25) is 0 Å². The Morgan fingerprint density at radius 2 is 1.89 bits per heavy atom. The summed E-state index contributed by atoms with van der Waals surface area (Å²) in [6.45, 7) is 0. The summed E-state index contributed by atoms with van der Waals surface area (Å²) in [5.41, 5.74) is 2.03. The van der Waals surface area contributed by atoms with E-state index in [1.807, 2.05) is 18.2 Å². The number of halogens is 2. The van der Waals surface area contributed by atoms with E-state index in [9.17, 15) is 8.42 Å². The zero-order chi connectivity index (χ0) is 13.2. The van der Waals surface area contributed by atoms with Crippen LogP contribution in [0.2, 0.25) is 0 Å². The van der Waals surface area contributed by atoms with E-state index in [0.29, 0.717) is 5.92 Å². The van der Waals surface area contributed by atoms with Crippen LogP contribution in [0.5, 0.6) is 0 Å². The Morgan fingerprint density at radius 1 is 1.22 bits per heavy atom. The van der Waals surface area contributed by atoms with Crippen molar-refractivity contribution in [1.82, 2.24) is 0 Å². The molecule has 0 saturated heterocycles. The molecule has 2 rings (SSSR count). The maximum atomic E-state index is 11.0. The first-order valence-electron chi connectivity index (χ1n) is 6.16. The van der Waals surface area contributed by atoms with Gasteiger partial charge in [-0.25, -0.2) is 8.42 Å². The largest absolute Gasteiger partial charge is 0.236 e. The topological polar surface area (TPSA) is 34.1 Å². The number of benzene rings is 1. The van der Waals surface area contributed by atoms with Crippen LogP contribution in [0.3, 0.4) is 0 Å². The molecule has 5 heteroatoms. The van der Waals surface area contributed by atoms with Gasteiger partial charge in [0.1, 0.15) is 0 Å². The molecule has 18 heavy (non-hydrogen) atoms. The van der Waals surface area contributed by atoms with Crippen molar-refractivity contribution in [2.75, 3.05) is 0 Å². The van der Waals surface area contributed by atoms with Crippen molar-refractivity contribution in [1.29, 1.82) is 0 Å². The smallest absolute Gasteiger partial charge is 0.212 e.